The summed E-state index contributed by atoms with van der Waals surface area (Å²) in [6.45, 7) is 0. The summed E-state index contributed by atoms with van der Waals surface area (Å²) in [6.07, 6.45) is 3.52. The van der Waals surface area contributed by atoms with Gasteiger partial charge in [-0.05, 0) is 23.3 Å². The van der Waals surface area contributed by atoms with Crippen LogP contribution >= 0.6 is 11.6 Å². The molecular formula is C12H10ClN. The fraction of sp³-hybridized carbons (Fsp3) is 0.0833. The topological polar surface area (TPSA) is 12.9 Å². The molecule has 0 fully saturated rings. The van der Waals surface area contributed by atoms with Gasteiger partial charge in [-0.15, -0.1) is 11.6 Å². The molecule has 0 saturated heterocycles. The van der Waals surface area contributed by atoms with Crippen LogP contribution in [0, 0.1) is 0 Å². The Morgan fingerprint density at radius 2 is 1.43 bits per heavy atom. The average molecular weight is 204 g/mol. The Morgan fingerprint density at radius 1 is 0.857 bits per heavy atom. The van der Waals surface area contributed by atoms with E-state index in [1.807, 2.05) is 42.5 Å². The van der Waals surface area contributed by atoms with Gasteiger partial charge in [-0.1, -0.05) is 30.3 Å². The number of pyridine rings is 1. The number of nitrogens with zero attached hydrogens (tertiary/aromatic N) is 1. The van der Waals surface area contributed by atoms with Gasteiger partial charge in [0.15, 0.2) is 0 Å². The molecule has 0 N–H and O–H groups in total. The van der Waals surface area contributed by atoms with Crippen molar-refractivity contribution in [1.82, 2.24) is 4.98 Å². The smallest absolute Gasteiger partial charge is 0.0836 e. The minimum atomic E-state index is -0.0841. The lowest BCUT2D eigenvalue weighted by atomic mass is 10.1. The molecule has 0 unspecified atom stereocenters. The van der Waals surface area contributed by atoms with E-state index >= 15 is 0 Å². The van der Waals surface area contributed by atoms with Gasteiger partial charge in [0.25, 0.3) is 0 Å². The number of alkyl halides is 1. The number of rotatable bonds is 2. The Hall–Kier alpha value is -1.34. The second-order valence-electron chi connectivity index (χ2n) is 3.05. The van der Waals surface area contributed by atoms with Crippen LogP contribution in [0.2, 0.25) is 0 Å². The molecular weight excluding hydrogens is 194 g/mol. The van der Waals surface area contributed by atoms with E-state index in [9.17, 15) is 0 Å². The average Bonchev–Trinajstić information content (AvgIpc) is 2.30. The summed E-state index contributed by atoms with van der Waals surface area (Å²) in [5, 5.41) is -0.0841. The van der Waals surface area contributed by atoms with Crippen molar-refractivity contribution in [3.05, 3.63) is 66.0 Å². The highest BCUT2D eigenvalue weighted by Crippen LogP contribution is 2.27. The fourth-order valence-corrected chi connectivity index (χ4v) is 1.64. The van der Waals surface area contributed by atoms with Crippen LogP contribution in [0.4, 0.5) is 0 Å². The first kappa shape index (κ1) is 9.22. The minimum Gasteiger partial charge on any atom is -0.265 e. The van der Waals surface area contributed by atoms with Crippen molar-refractivity contribution in [1.29, 1.82) is 0 Å². The van der Waals surface area contributed by atoms with Crippen molar-refractivity contribution in [2.24, 2.45) is 0 Å². The number of hydrogen-bond donors (Lipinski definition) is 0. The molecule has 0 aliphatic heterocycles. The monoisotopic (exact) mass is 203 g/mol. The van der Waals surface area contributed by atoms with Gasteiger partial charge in [0.2, 0.25) is 0 Å². The summed E-state index contributed by atoms with van der Waals surface area (Å²) < 4.78 is 0. The van der Waals surface area contributed by atoms with Crippen molar-refractivity contribution < 1.29 is 0 Å². The van der Waals surface area contributed by atoms with Crippen LogP contribution in [0.1, 0.15) is 16.5 Å². The molecule has 1 aromatic heterocycles. The lowest BCUT2D eigenvalue weighted by Crippen LogP contribution is -1.92. The Labute approximate surface area is 88.4 Å². The van der Waals surface area contributed by atoms with Gasteiger partial charge in [-0.25, -0.2) is 0 Å². The number of benzene rings is 1. The standard InChI is InChI=1S/C12H10ClN/c13-12(10-4-2-1-3-5-10)11-6-8-14-9-7-11/h1-9,12H/t12-/m0/s1. The maximum Gasteiger partial charge on any atom is 0.0836 e. The van der Waals surface area contributed by atoms with Crippen molar-refractivity contribution >= 4 is 11.6 Å². The van der Waals surface area contributed by atoms with Crippen LogP contribution in [0.5, 0.6) is 0 Å². The first-order chi connectivity index (χ1) is 6.88. The summed E-state index contributed by atoms with van der Waals surface area (Å²) in [5.74, 6) is 0. The lowest BCUT2D eigenvalue weighted by molar-refractivity contribution is 1.12. The number of aromatic nitrogens is 1. The summed E-state index contributed by atoms with van der Waals surface area (Å²) in [5.41, 5.74) is 2.19. The van der Waals surface area contributed by atoms with Gasteiger partial charge >= 0.3 is 0 Å². The third kappa shape index (κ3) is 1.94. The molecule has 0 bridgehead atoms. The van der Waals surface area contributed by atoms with E-state index < -0.39 is 0 Å². The second kappa shape index (κ2) is 4.25. The van der Waals surface area contributed by atoms with Crippen LogP contribution in [-0.2, 0) is 0 Å². The molecule has 14 heavy (non-hydrogen) atoms. The third-order valence-electron chi connectivity index (χ3n) is 2.09. The van der Waals surface area contributed by atoms with Gasteiger partial charge < -0.3 is 0 Å². The van der Waals surface area contributed by atoms with Gasteiger partial charge in [0.1, 0.15) is 0 Å². The van der Waals surface area contributed by atoms with Crippen molar-refractivity contribution in [3.63, 3.8) is 0 Å². The number of halogens is 1. The van der Waals surface area contributed by atoms with E-state index in [4.69, 9.17) is 11.6 Å². The number of hydrogen-bond acceptors (Lipinski definition) is 1. The van der Waals surface area contributed by atoms with Crippen LogP contribution in [0.15, 0.2) is 54.9 Å². The Kier molecular flexibility index (Phi) is 2.80. The molecule has 2 aromatic rings. The van der Waals surface area contributed by atoms with Gasteiger partial charge in [-0.2, -0.15) is 0 Å². The van der Waals surface area contributed by atoms with Crippen LogP contribution in [-0.4, -0.2) is 4.98 Å². The van der Waals surface area contributed by atoms with Crippen molar-refractivity contribution in [2.75, 3.05) is 0 Å². The maximum atomic E-state index is 6.30. The zero-order valence-corrected chi connectivity index (χ0v) is 8.35. The first-order valence-corrected chi connectivity index (χ1v) is 4.90. The van der Waals surface area contributed by atoms with Crippen LogP contribution in [0.3, 0.4) is 0 Å². The Balaban J connectivity index is 2.30. The highest BCUT2D eigenvalue weighted by molar-refractivity contribution is 6.22. The van der Waals surface area contributed by atoms with Crippen LogP contribution < -0.4 is 0 Å². The molecule has 0 radical (unpaired) electrons. The van der Waals surface area contributed by atoms with Crippen molar-refractivity contribution in [2.45, 2.75) is 5.38 Å². The molecule has 0 aliphatic rings. The molecule has 1 atom stereocenters. The Bertz CT molecular complexity index is 346. The van der Waals surface area contributed by atoms with E-state index in [0.29, 0.717) is 0 Å². The fourth-order valence-electron chi connectivity index (χ4n) is 1.35. The van der Waals surface area contributed by atoms with Crippen molar-refractivity contribution in [3.8, 4) is 0 Å². The quantitative estimate of drug-likeness (QED) is 0.682. The molecule has 1 nitrogen and oxygen atoms in total. The second-order valence-corrected chi connectivity index (χ2v) is 3.49. The SMILES string of the molecule is Cl[C@@H](c1ccccc1)c1ccncc1. The summed E-state index contributed by atoms with van der Waals surface area (Å²) in [4.78, 5) is 3.96. The molecule has 0 spiro atoms. The lowest BCUT2D eigenvalue weighted by Gasteiger charge is -2.08. The Morgan fingerprint density at radius 3 is 2.07 bits per heavy atom. The summed E-state index contributed by atoms with van der Waals surface area (Å²) in [6, 6.07) is 13.9. The molecule has 2 heteroatoms. The van der Waals surface area contributed by atoms with E-state index in [-0.39, 0.29) is 5.38 Å². The largest absolute Gasteiger partial charge is 0.265 e. The molecule has 0 aliphatic carbocycles. The maximum absolute atomic E-state index is 6.30. The van der Waals surface area contributed by atoms with E-state index in [2.05, 4.69) is 4.98 Å². The molecule has 0 amide bonds. The third-order valence-corrected chi connectivity index (χ3v) is 2.59. The molecule has 0 saturated carbocycles. The molecule has 70 valence electrons. The zero-order valence-electron chi connectivity index (χ0n) is 7.60. The highest BCUT2D eigenvalue weighted by atomic mass is 35.5. The highest BCUT2D eigenvalue weighted by Gasteiger charge is 2.08. The molecule has 1 aromatic carbocycles. The predicted molar refractivity (Wildman–Crippen MR) is 58.4 cm³/mol. The van der Waals surface area contributed by atoms with E-state index in [1.54, 1.807) is 12.4 Å². The van der Waals surface area contributed by atoms with Gasteiger partial charge in [0, 0.05) is 12.4 Å². The summed E-state index contributed by atoms with van der Waals surface area (Å²) >= 11 is 6.30. The minimum absolute atomic E-state index is 0.0841. The van der Waals surface area contributed by atoms with Gasteiger partial charge in [0.05, 0.1) is 5.38 Å². The zero-order chi connectivity index (χ0) is 9.80. The predicted octanol–water partition coefficient (Wildman–Crippen LogP) is 3.41. The summed E-state index contributed by atoms with van der Waals surface area (Å²) in [7, 11) is 0. The van der Waals surface area contributed by atoms with E-state index in [1.165, 1.54) is 0 Å². The normalized spacial score (nSPS) is 12.4. The van der Waals surface area contributed by atoms with Crippen LogP contribution in [0.25, 0.3) is 0 Å². The van der Waals surface area contributed by atoms with E-state index in [0.717, 1.165) is 11.1 Å². The molecule has 2 rings (SSSR count). The molecule has 1 heterocycles. The first-order valence-electron chi connectivity index (χ1n) is 4.47. The van der Waals surface area contributed by atoms with Gasteiger partial charge in [-0.3, -0.25) is 4.98 Å².